The second-order valence-corrected chi connectivity index (χ2v) is 1.96. The fourth-order valence-corrected chi connectivity index (χ4v) is 0.440. The highest BCUT2D eigenvalue weighted by Crippen LogP contribution is 2.00. The maximum Gasteiger partial charge on any atom is 0.0755 e. The van der Waals surface area contributed by atoms with E-state index in [9.17, 15) is 0 Å². The Labute approximate surface area is 50.3 Å². The van der Waals surface area contributed by atoms with Crippen molar-refractivity contribution in [2.24, 2.45) is 0 Å². The summed E-state index contributed by atoms with van der Waals surface area (Å²) in [5.74, 6) is 0. The molecule has 0 aliphatic heterocycles. The molecule has 1 heteroatoms. The second-order valence-electron chi connectivity index (χ2n) is 1.96. The Morgan fingerprint density at radius 1 is 1.88 bits per heavy atom. The van der Waals surface area contributed by atoms with Gasteiger partial charge in [-0.25, -0.2) is 0 Å². The fourth-order valence-electron chi connectivity index (χ4n) is 0.440. The van der Waals surface area contributed by atoms with E-state index in [-0.39, 0.29) is 0 Å². The van der Waals surface area contributed by atoms with Crippen LogP contribution in [0.25, 0.3) is 0 Å². The van der Waals surface area contributed by atoms with Gasteiger partial charge in [0, 0.05) is 0 Å². The van der Waals surface area contributed by atoms with Crippen molar-refractivity contribution in [3.63, 3.8) is 0 Å². The summed E-state index contributed by atoms with van der Waals surface area (Å²) in [7, 11) is 0. The second kappa shape index (κ2) is 3.44. The van der Waals surface area contributed by atoms with Gasteiger partial charge in [-0.05, 0) is 13.3 Å². The van der Waals surface area contributed by atoms with Crippen LogP contribution in [0.3, 0.4) is 0 Å². The molecular weight excluding hydrogens is 100 g/mol. The normalized spacial score (nSPS) is 12.8. The molecule has 0 aliphatic rings. The first kappa shape index (κ1) is 7.44. The molecule has 0 rings (SSSR count). The van der Waals surface area contributed by atoms with E-state index in [1.54, 1.807) is 0 Å². The Kier molecular flexibility index (Phi) is 3.20. The lowest BCUT2D eigenvalue weighted by molar-refractivity contribution is 0.224. The summed E-state index contributed by atoms with van der Waals surface area (Å²) in [6.45, 7) is 8.94. The molecule has 46 valence electrons. The van der Waals surface area contributed by atoms with Gasteiger partial charge in [0.1, 0.15) is 0 Å². The lowest BCUT2D eigenvalue weighted by Gasteiger charge is -2.01. The highest BCUT2D eigenvalue weighted by Gasteiger charge is 1.94. The standard InChI is InChI=1S/C7H12O/c1-4-7(8)5-6(2)3/h4,7-8H,1-2,5H2,3H3/t7-/m0/s1. The Morgan fingerprint density at radius 2 is 2.38 bits per heavy atom. The Morgan fingerprint density at radius 3 is 2.50 bits per heavy atom. The monoisotopic (exact) mass is 112 g/mol. The number of rotatable bonds is 3. The lowest BCUT2D eigenvalue weighted by atomic mass is 10.1. The highest BCUT2D eigenvalue weighted by molar-refractivity contribution is 4.95. The van der Waals surface area contributed by atoms with E-state index in [4.69, 9.17) is 5.11 Å². The zero-order valence-electron chi connectivity index (χ0n) is 5.22. The minimum atomic E-state index is -0.410. The van der Waals surface area contributed by atoms with Crippen LogP contribution in [0.2, 0.25) is 0 Å². The van der Waals surface area contributed by atoms with E-state index in [1.165, 1.54) is 6.08 Å². The van der Waals surface area contributed by atoms with E-state index in [1.807, 2.05) is 6.92 Å². The van der Waals surface area contributed by atoms with Crippen LogP contribution in [0, 0.1) is 0 Å². The number of hydrogen-bond donors (Lipinski definition) is 1. The summed E-state index contributed by atoms with van der Waals surface area (Å²) >= 11 is 0. The molecule has 1 N–H and O–H groups in total. The summed E-state index contributed by atoms with van der Waals surface area (Å²) in [4.78, 5) is 0. The van der Waals surface area contributed by atoms with Gasteiger partial charge in [0.05, 0.1) is 6.10 Å². The first-order chi connectivity index (χ1) is 3.66. The smallest absolute Gasteiger partial charge is 0.0755 e. The van der Waals surface area contributed by atoms with Gasteiger partial charge < -0.3 is 5.11 Å². The van der Waals surface area contributed by atoms with Gasteiger partial charge in [-0.1, -0.05) is 11.6 Å². The van der Waals surface area contributed by atoms with Gasteiger partial charge in [0.25, 0.3) is 0 Å². The van der Waals surface area contributed by atoms with Crippen molar-refractivity contribution in [1.29, 1.82) is 0 Å². The molecule has 0 bridgehead atoms. The number of aliphatic hydroxyl groups is 1. The van der Waals surface area contributed by atoms with E-state index in [0.717, 1.165) is 5.57 Å². The van der Waals surface area contributed by atoms with Crippen molar-refractivity contribution in [3.05, 3.63) is 24.8 Å². The van der Waals surface area contributed by atoms with Crippen molar-refractivity contribution in [1.82, 2.24) is 0 Å². The third-order valence-corrected chi connectivity index (χ3v) is 0.830. The summed E-state index contributed by atoms with van der Waals surface area (Å²) in [6, 6.07) is 0. The minimum absolute atomic E-state index is 0.410. The van der Waals surface area contributed by atoms with Crippen molar-refractivity contribution in [2.75, 3.05) is 0 Å². The van der Waals surface area contributed by atoms with Gasteiger partial charge in [0.2, 0.25) is 0 Å². The van der Waals surface area contributed by atoms with E-state index in [0.29, 0.717) is 6.42 Å². The summed E-state index contributed by atoms with van der Waals surface area (Å²) in [5.41, 5.74) is 0.984. The zero-order chi connectivity index (χ0) is 6.57. The van der Waals surface area contributed by atoms with Crippen LogP contribution in [-0.4, -0.2) is 11.2 Å². The molecule has 1 atom stereocenters. The Balaban J connectivity index is 3.38. The lowest BCUT2D eigenvalue weighted by Crippen LogP contribution is -2.00. The van der Waals surface area contributed by atoms with Crippen LogP contribution >= 0.6 is 0 Å². The maximum atomic E-state index is 8.85. The summed E-state index contributed by atoms with van der Waals surface area (Å²) < 4.78 is 0. The average Bonchev–Trinajstić information content (AvgIpc) is 1.65. The zero-order valence-corrected chi connectivity index (χ0v) is 5.22. The molecule has 0 amide bonds. The topological polar surface area (TPSA) is 20.2 Å². The van der Waals surface area contributed by atoms with Gasteiger partial charge in [-0.15, -0.1) is 13.2 Å². The maximum absolute atomic E-state index is 8.85. The molecule has 0 aromatic carbocycles. The quantitative estimate of drug-likeness (QED) is 0.548. The van der Waals surface area contributed by atoms with Crippen molar-refractivity contribution < 1.29 is 5.11 Å². The van der Waals surface area contributed by atoms with Gasteiger partial charge in [-0.3, -0.25) is 0 Å². The van der Waals surface area contributed by atoms with Crippen LogP contribution in [0.5, 0.6) is 0 Å². The molecule has 0 unspecified atom stereocenters. The molecule has 8 heavy (non-hydrogen) atoms. The molecule has 0 radical (unpaired) electrons. The average molecular weight is 112 g/mol. The summed E-state index contributed by atoms with van der Waals surface area (Å²) in [6.07, 6.45) is 1.73. The highest BCUT2D eigenvalue weighted by atomic mass is 16.3. The number of hydrogen-bond acceptors (Lipinski definition) is 1. The van der Waals surface area contributed by atoms with Gasteiger partial charge in [0.15, 0.2) is 0 Å². The molecule has 0 aromatic rings. The molecule has 0 spiro atoms. The van der Waals surface area contributed by atoms with Crippen LogP contribution in [0.4, 0.5) is 0 Å². The predicted octanol–water partition coefficient (Wildman–Crippen LogP) is 1.50. The van der Waals surface area contributed by atoms with Crippen LogP contribution < -0.4 is 0 Å². The van der Waals surface area contributed by atoms with E-state index < -0.39 is 6.10 Å². The van der Waals surface area contributed by atoms with Crippen LogP contribution in [-0.2, 0) is 0 Å². The summed E-state index contributed by atoms with van der Waals surface area (Å²) in [5, 5.41) is 8.85. The Bertz CT molecular complexity index is 94.6. The molecule has 0 saturated carbocycles. The van der Waals surface area contributed by atoms with E-state index in [2.05, 4.69) is 13.2 Å². The van der Waals surface area contributed by atoms with Crippen LogP contribution in [0.1, 0.15) is 13.3 Å². The molecule has 0 fully saturated rings. The first-order valence-corrected chi connectivity index (χ1v) is 2.62. The largest absolute Gasteiger partial charge is 0.389 e. The molecule has 0 aromatic heterocycles. The van der Waals surface area contributed by atoms with Crippen LogP contribution in [0.15, 0.2) is 24.8 Å². The molecular formula is C7H12O. The third kappa shape index (κ3) is 3.62. The first-order valence-electron chi connectivity index (χ1n) is 2.62. The third-order valence-electron chi connectivity index (χ3n) is 0.830. The van der Waals surface area contributed by atoms with Gasteiger partial charge in [-0.2, -0.15) is 0 Å². The SMILES string of the molecule is C=C[C@H](O)CC(=C)C. The fraction of sp³-hybridized carbons (Fsp3) is 0.429. The van der Waals surface area contributed by atoms with Crippen molar-refractivity contribution in [2.45, 2.75) is 19.4 Å². The molecule has 1 nitrogen and oxygen atoms in total. The molecule has 0 aliphatic carbocycles. The molecule has 0 heterocycles. The van der Waals surface area contributed by atoms with Crippen molar-refractivity contribution >= 4 is 0 Å². The predicted molar refractivity (Wildman–Crippen MR) is 35.6 cm³/mol. The van der Waals surface area contributed by atoms with Crippen molar-refractivity contribution in [3.8, 4) is 0 Å². The minimum Gasteiger partial charge on any atom is -0.389 e. The Hall–Kier alpha value is -0.560. The van der Waals surface area contributed by atoms with E-state index >= 15 is 0 Å². The van der Waals surface area contributed by atoms with Gasteiger partial charge >= 0.3 is 0 Å². The number of aliphatic hydroxyl groups excluding tert-OH is 1. The molecule has 0 saturated heterocycles.